The largest absolute Gasteiger partial charge is 0.507 e. The average Bonchev–Trinajstić information content (AvgIpc) is 2.82. The molecule has 0 bridgehead atoms. The Morgan fingerprint density at radius 2 is 2.10 bits per heavy atom. The van der Waals surface area contributed by atoms with Crippen molar-refractivity contribution in [3.63, 3.8) is 0 Å². The van der Waals surface area contributed by atoms with Gasteiger partial charge in [0.05, 0.1) is 21.6 Å². The van der Waals surface area contributed by atoms with Gasteiger partial charge in [0.2, 0.25) is 0 Å². The Morgan fingerprint density at radius 1 is 1.29 bits per heavy atom. The van der Waals surface area contributed by atoms with E-state index < -0.39 is 5.82 Å². The van der Waals surface area contributed by atoms with Gasteiger partial charge in [-0.1, -0.05) is 24.6 Å². The third-order valence-electron chi connectivity index (χ3n) is 3.36. The van der Waals surface area contributed by atoms with E-state index in [1.807, 2.05) is 23.6 Å². The lowest BCUT2D eigenvalue weighted by molar-refractivity contribution is 0.474. The van der Waals surface area contributed by atoms with E-state index >= 15 is 0 Å². The number of imidazole rings is 1. The van der Waals surface area contributed by atoms with Crippen LogP contribution in [0.15, 0.2) is 36.4 Å². The van der Waals surface area contributed by atoms with Gasteiger partial charge in [-0.25, -0.2) is 9.37 Å². The highest BCUT2D eigenvalue weighted by atomic mass is 35.5. The van der Waals surface area contributed by atoms with Crippen LogP contribution in [0.4, 0.5) is 4.39 Å². The van der Waals surface area contributed by atoms with Crippen molar-refractivity contribution >= 4 is 22.6 Å². The Hall–Kier alpha value is -2.07. The highest BCUT2D eigenvalue weighted by molar-refractivity contribution is 6.35. The van der Waals surface area contributed by atoms with Crippen molar-refractivity contribution in [3.8, 4) is 17.1 Å². The summed E-state index contributed by atoms with van der Waals surface area (Å²) in [6.07, 6.45) is 0.875. The van der Waals surface area contributed by atoms with E-state index in [0.29, 0.717) is 23.0 Å². The molecule has 0 spiro atoms. The molecule has 0 saturated heterocycles. The molecule has 0 aliphatic rings. The summed E-state index contributed by atoms with van der Waals surface area (Å²) in [5.74, 6) is 0.112. The summed E-state index contributed by atoms with van der Waals surface area (Å²) >= 11 is 6.27. The van der Waals surface area contributed by atoms with Crippen LogP contribution in [0.3, 0.4) is 0 Å². The lowest BCUT2D eigenvalue weighted by atomic mass is 10.2. The number of hydrogen-bond donors (Lipinski definition) is 1. The normalized spacial score (nSPS) is 11.2. The number of phenolic OH excluding ortho intramolecular Hbond substituents is 1. The molecule has 0 aliphatic heterocycles. The molecule has 0 amide bonds. The molecule has 3 nitrogen and oxygen atoms in total. The molecule has 3 aromatic rings. The highest BCUT2D eigenvalue weighted by Gasteiger charge is 2.17. The number of para-hydroxylation sites is 1. The van der Waals surface area contributed by atoms with Gasteiger partial charge in [-0.3, -0.25) is 0 Å². The minimum atomic E-state index is -0.413. The summed E-state index contributed by atoms with van der Waals surface area (Å²) in [6, 6.07) is 9.32. The monoisotopic (exact) mass is 304 g/mol. The molecule has 2 aromatic carbocycles. The second kappa shape index (κ2) is 5.37. The Labute approximate surface area is 126 Å². The van der Waals surface area contributed by atoms with Crippen LogP contribution < -0.4 is 0 Å². The second-order valence-electron chi connectivity index (χ2n) is 4.86. The van der Waals surface area contributed by atoms with Crippen LogP contribution in [-0.2, 0) is 6.54 Å². The van der Waals surface area contributed by atoms with E-state index in [-0.39, 0.29) is 5.75 Å². The maximum absolute atomic E-state index is 13.5. The standard InChI is InChI=1S/C16H14ClFN2O/c1-2-8-20-15-12(17)4-3-5-13(15)19-16(20)11-9-10(18)6-7-14(11)21/h3-7,9,21H,2,8H2,1H3. The molecule has 1 aromatic heterocycles. The van der Waals surface area contributed by atoms with E-state index in [2.05, 4.69) is 4.98 Å². The van der Waals surface area contributed by atoms with E-state index in [1.165, 1.54) is 18.2 Å². The molecule has 0 unspecified atom stereocenters. The van der Waals surface area contributed by atoms with Gasteiger partial charge in [-0.15, -0.1) is 0 Å². The lowest BCUT2D eigenvalue weighted by Gasteiger charge is -2.10. The molecule has 0 aliphatic carbocycles. The first kappa shape index (κ1) is 13.9. The van der Waals surface area contributed by atoms with Gasteiger partial charge in [-0.05, 0) is 36.8 Å². The Balaban J connectivity index is 2.34. The van der Waals surface area contributed by atoms with Crippen LogP contribution in [-0.4, -0.2) is 14.7 Å². The molecule has 1 N–H and O–H groups in total. The average molecular weight is 305 g/mol. The van der Waals surface area contributed by atoms with Gasteiger partial charge in [0.1, 0.15) is 17.4 Å². The zero-order valence-corrected chi connectivity index (χ0v) is 12.2. The number of rotatable bonds is 3. The molecule has 0 atom stereocenters. The van der Waals surface area contributed by atoms with E-state index in [1.54, 1.807) is 6.07 Å². The van der Waals surface area contributed by atoms with Gasteiger partial charge in [0.25, 0.3) is 0 Å². The molecule has 0 saturated carbocycles. The second-order valence-corrected chi connectivity index (χ2v) is 5.26. The number of hydrogen-bond acceptors (Lipinski definition) is 2. The first-order chi connectivity index (χ1) is 10.1. The third kappa shape index (κ3) is 2.36. The number of halogens is 2. The molecule has 0 radical (unpaired) electrons. The summed E-state index contributed by atoms with van der Waals surface area (Å²) < 4.78 is 15.4. The van der Waals surface area contributed by atoms with E-state index in [4.69, 9.17) is 11.6 Å². The van der Waals surface area contributed by atoms with Crippen molar-refractivity contribution in [2.45, 2.75) is 19.9 Å². The van der Waals surface area contributed by atoms with Crippen LogP contribution in [0, 0.1) is 5.82 Å². The highest BCUT2D eigenvalue weighted by Crippen LogP contribution is 2.34. The molecular weight excluding hydrogens is 291 g/mol. The zero-order chi connectivity index (χ0) is 15.0. The van der Waals surface area contributed by atoms with Crippen LogP contribution in [0.5, 0.6) is 5.75 Å². The number of aromatic hydroxyl groups is 1. The smallest absolute Gasteiger partial charge is 0.145 e. The quantitative estimate of drug-likeness (QED) is 0.767. The fourth-order valence-electron chi connectivity index (χ4n) is 2.48. The van der Waals surface area contributed by atoms with E-state index in [9.17, 15) is 9.50 Å². The maximum Gasteiger partial charge on any atom is 0.145 e. The van der Waals surface area contributed by atoms with Crippen molar-refractivity contribution in [2.75, 3.05) is 0 Å². The summed E-state index contributed by atoms with van der Waals surface area (Å²) in [6.45, 7) is 2.73. The maximum atomic E-state index is 13.5. The van der Waals surface area contributed by atoms with Crippen molar-refractivity contribution in [2.24, 2.45) is 0 Å². The number of phenols is 1. The molecule has 108 valence electrons. The SMILES string of the molecule is CCCn1c(-c2cc(F)ccc2O)nc2cccc(Cl)c21. The fourth-order valence-corrected chi connectivity index (χ4v) is 2.75. The minimum absolute atomic E-state index is 0.000168. The number of fused-ring (bicyclic) bond motifs is 1. The van der Waals surface area contributed by atoms with Crippen LogP contribution in [0.25, 0.3) is 22.4 Å². The fraction of sp³-hybridized carbons (Fsp3) is 0.188. The first-order valence-corrected chi connectivity index (χ1v) is 7.13. The van der Waals surface area contributed by atoms with Gasteiger partial charge >= 0.3 is 0 Å². The van der Waals surface area contributed by atoms with Gasteiger partial charge in [0.15, 0.2) is 0 Å². The number of nitrogens with zero attached hydrogens (tertiary/aromatic N) is 2. The van der Waals surface area contributed by atoms with Crippen molar-refractivity contribution in [3.05, 3.63) is 47.2 Å². The molecule has 21 heavy (non-hydrogen) atoms. The van der Waals surface area contributed by atoms with Crippen molar-refractivity contribution < 1.29 is 9.50 Å². The minimum Gasteiger partial charge on any atom is -0.507 e. The molecular formula is C16H14ClFN2O. The third-order valence-corrected chi connectivity index (χ3v) is 3.67. The topological polar surface area (TPSA) is 38.0 Å². The molecule has 3 rings (SSSR count). The predicted molar refractivity (Wildman–Crippen MR) is 82.1 cm³/mol. The predicted octanol–water partition coefficient (Wildman–Crippen LogP) is 4.61. The Morgan fingerprint density at radius 3 is 2.86 bits per heavy atom. The summed E-state index contributed by atoms with van der Waals surface area (Å²) in [7, 11) is 0. The van der Waals surface area contributed by atoms with Crippen molar-refractivity contribution in [1.82, 2.24) is 9.55 Å². The molecule has 0 fully saturated rings. The van der Waals surface area contributed by atoms with Crippen molar-refractivity contribution in [1.29, 1.82) is 0 Å². The van der Waals surface area contributed by atoms with Crippen LogP contribution in [0.2, 0.25) is 5.02 Å². The number of aryl methyl sites for hydroxylation is 1. The van der Waals surface area contributed by atoms with Crippen LogP contribution in [0.1, 0.15) is 13.3 Å². The summed E-state index contributed by atoms with van der Waals surface area (Å²) in [5, 5.41) is 10.6. The lowest BCUT2D eigenvalue weighted by Crippen LogP contribution is -2.00. The van der Waals surface area contributed by atoms with Gasteiger partial charge < -0.3 is 9.67 Å². The summed E-state index contributed by atoms with van der Waals surface area (Å²) in [5.41, 5.74) is 1.91. The Kier molecular flexibility index (Phi) is 3.55. The van der Waals surface area contributed by atoms with Gasteiger partial charge in [0, 0.05) is 6.54 Å². The number of benzene rings is 2. The van der Waals surface area contributed by atoms with E-state index in [0.717, 1.165) is 17.5 Å². The molecule has 1 heterocycles. The van der Waals surface area contributed by atoms with Crippen LogP contribution >= 0.6 is 11.6 Å². The first-order valence-electron chi connectivity index (χ1n) is 6.75. The Bertz CT molecular complexity index is 813. The number of aromatic nitrogens is 2. The summed E-state index contributed by atoms with van der Waals surface area (Å²) in [4.78, 5) is 4.52. The molecule has 5 heteroatoms. The zero-order valence-electron chi connectivity index (χ0n) is 11.5. The van der Waals surface area contributed by atoms with Gasteiger partial charge in [-0.2, -0.15) is 0 Å².